The van der Waals surface area contributed by atoms with Gasteiger partial charge in [0.15, 0.2) is 0 Å². The Hall–Kier alpha value is -1.79. The van der Waals surface area contributed by atoms with Gasteiger partial charge in [0.05, 0.1) is 29.3 Å². The van der Waals surface area contributed by atoms with Crippen molar-refractivity contribution < 1.29 is 33.5 Å². The second-order valence-electron chi connectivity index (χ2n) is 5.08. The number of methoxy groups -OCH3 is 1. The van der Waals surface area contributed by atoms with E-state index in [4.69, 9.17) is 4.74 Å². The van der Waals surface area contributed by atoms with Gasteiger partial charge in [0.25, 0.3) is 5.56 Å². The van der Waals surface area contributed by atoms with Crippen molar-refractivity contribution in [2.24, 2.45) is 0 Å². The molecule has 0 N–H and O–H groups in total. The number of rotatable bonds is 6. The smallest absolute Gasteiger partial charge is 0.548 e. The molecule has 0 aliphatic rings. The molecule has 122 valence electrons. The standard InChI is InChI=1S/C14H16N4O4S.Li/c1-16(4-5-22-2)14-15-17(8-12(19)20)13(21)10-7-11-9(18(10)14)3-6-23-11;/h3,6-7H,4-5,8H2,1-2H3,(H,19,20);/q;+1/p-1. The predicted octanol–water partition coefficient (Wildman–Crippen LogP) is -3.45. The average Bonchev–Trinajstić information content (AvgIpc) is 3.08. The molecule has 3 heterocycles. The van der Waals surface area contributed by atoms with Crippen LogP contribution in [0.3, 0.4) is 0 Å². The van der Waals surface area contributed by atoms with Crippen LogP contribution < -0.4 is 34.4 Å². The third-order valence-electron chi connectivity index (χ3n) is 3.54. The first-order valence-corrected chi connectivity index (χ1v) is 7.80. The van der Waals surface area contributed by atoms with E-state index < -0.39 is 18.1 Å². The van der Waals surface area contributed by atoms with Crippen molar-refractivity contribution in [2.75, 3.05) is 32.2 Å². The first-order valence-electron chi connectivity index (χ1n) is 6.92. The van der Waals surface area contributed by atoms with E-state index in [1.54, 1.807) is 17.6 Å². The van der Waals surface area contributed by atoms with Crippen LogP contribution in [0, 0.1) is 0 Å². The number of aromatic nitrogens is 3. The summed E-state index contributed by atoms with van der Waals surface area (Å²) in [4.78, 5) is 25.2. The fourth-order valence-corrected chi connectivity index (χ4v) is 3.24. The Morgan fingerprint density at radius 2 is 2.21 bits per heavy atom. The summed E-state index contributed by atoms with van der Waals surface area (Å²) < 4.78 is 8.68. The molecular weight excluding hydrogens is 327 g/mol. The molecule has 0 saturated heterocycles. The summed E-state index contributed by atoms with van der Waals surface area (Å²) in [6, 6.07) is 3.66. The molecule has 0 fully saturated rings. The molecule has 0 saturated carbocycles. The molecular formula is C14H15LiN4O4S. The molecule has 3 rings (SSSR count). The Morgan fingerprint density at radius 3 is 2.88 bits per heavy atom. The Morgan fingerprint density at radius 1 is 1.46 bits per heavy atom. The van der Waals surface area contributed by atoms with E-state index in [9.17, 15) is 14.7 Å². The fraction of sp³-hybridized carbons (Fsp3) is 0.357. The SMILES string of the molecule is COCCN(C)c1nn(CC(=O)[O-])c(=O)c2cc3sccc3n12.[Li+]. The van der Waals surface area contributed by atoms with Gasteiger partial charge >= 0.3 is 18.9 Å². The van der Waals surface area contributed by atoms with Crippen LogP contribution in [0.1, 0.15) is 0 Å². The van der Waals surface area contributed by atoms with Crippen LogP contribution in [0.5, 0.6) is 0 Å². The van der Waals surface area contributed by atoms with Gasteiger partial charge in [-0.1, -0.05) is 0 Å². The maximum absolute atomic E-state index is 12.5. The van der Waals surface area contributed by atoms with Crippen LogP contribution in [-0.4, -0.2) is 47.5 Å². The van der Waals surface area contributed by atoms with Crippen molar-refractivity contribution >= 4 is 39.0 Å². The van der Waals surface area contributed by atoms with E-state index in [-0.39, 0.29) is 18.9 Å². The minimum Gasteiger partial charge on any atom is -0.548 e. The second kappa shape index (κ2) is 7.40. The van der Waals surface area contributed by atoms with Crippen molar-refractivity contribution in [2.45, 2.75) is 6.54 Å². The molecule has 0 aliphatic carbocycles. The number of carboxylic acid groups (broad SMARTS) is 1. The normalized spacial score (nSPS) is 10.9. The predicted molar refractivity (Wildman–Crippen MR) is 85.0 cm³/mol. The van der Waals surface area contributed by atoms with Crippen LogP contribution in [0.25, 0.3) is 15.7 Å². The third-order valence-corrected chi connectivity index (χ3v) is 4.39. The summed E-state index contributed by atoms with van der Waals surface area (Å²) in [6.45, 7) is 0.443. The van der Waals surface area contributed by atoms with Crippen molar-refractivity contribution in [3.8, 4) is 0 Å². The molecule has 0 spiro atoms. The number of likely N-dealkylation sites (N-methyl/N-ethyl adjacent to an activating group) is 1. The van der Waals surface area contributed by atoms with Crippen LogP contribution in [0.15, 0.2) is 22.3 Å². The van der Waals surface area contributed by atoms with Crippen molar-refractivity contribution in [3.05, 3.63) is 27.9 Å². The van der Waals surface area contributed by atoms with Crippen LogP contribution >= 0.6 is 11.3 Å². The molecule has 0 aromatic carbocycles. The summed E-state index contributed by atoms with van der Waals surface area (Å²) in [5, 5.41) is 17.0. The van der Waals surface area contributed by atoms with E-state index in [1.807, 2.05) is 23.4 Å². The fourth-order valence-electron chi connectivity index (χ4n) is 2.43. The summed E-state index contributed by atoms with van der Waals surface area (Å²) in [7, 11) is 3.41. The summed E-state index contributed by atoms with van der Waals surface area (Å²) >= 11 is 1.51. The maximum atomic E-state index is 12.5. The Balaban J connectivity index is 0.00000208. The number of aliphatic carboxylic acids is 1. The van der Waals surface area contributed by atoms with Gasteiger partial charge in [0.1, 0.15) is 5.52 Å². The quantitative estimate of drug-likeness (QED) is 0.433. The van der Waals surface area contributed by atoms with Crippen LogP contribution in [0.4, 0.5) is 5.95 Å². The number of carbonyl (C=O) groups excluding carboxylic acids is 1. The van der Waals surface area contributed by atoms with Gasteiger partial charge in [-0.25, -0.2) is 4.68 Å². The molecule has 0 aliphatic heterocycles. The van der Waals surface area contributed by atoms with Crippen molar-refractivity contribution in [1.82, 2.24) is 14.2 Å². The average molecular weight is 342 g/mol. The van der Waals surface area contributed by atoms with Gasteiger partial charge in [0, 0.05) is 20.7 Å². The molecule has 24 heavy (non-hydrogen) atoms. The molecule has 3 aromatic heterocycles. The van der Waals surface area contributed by atoms with E-state index in [1.165, 1.54) is 11.3 Å². The Labute approximate surface area is 153 Å². The van der Waals surface area contributed by atoms with Gasteiger partial charge in [-0.15, -0.1) is 16.4 Å². The molecule has 0 amide bonds. The van der Waals surface area contributed by atoms with Gasteiger partial charge in [-0.2, -0.15) is 0 Å². The number of hydrogen-bond acceptors (Lipinski definition) is 7. The molecule has 0 radical (unpaired) electrons. The minimum absolute atomic E-state index is 0. The van der Waals surface area contributed by atoms with E-state index in [0.717, 1.165) is 14.9 Å². The molecule has 0 atom stereocenters. The number of carboxylic acids is 1. The van der Waals surface area contributed by atoms with Gasteiger partial charge in [-0.05, 0) is 17.5 Å². The molecule has 8 nitrogen and oxygen atoms in total. The molecule has 0 unspecified atom stereocenters. The zero-order valence-corrected chi connectivity index (χ0v) is 14.5. The molecule has 10 heteroatoms. The second-order valence-corrected chi connectivity index (χ2v) is 6.03. The minimum atomic E-state index is -1.36. The zero-order chi connectivity index (χ0) is 16.6. The number of ether oxygens (including phenoxy) is 1. The van der Waals surface area contributed by atoms with Gasteiger partial charge in [-0.3, -0.25) is 9.20 Å². The number of carbonyl (C=O) groups is 1. The zero-order valence-electron chi connectivity index (χ0n) is 13.7. The number of thiophene rings is 1. The third kappa shape index (κ3) is 3.21. The number of anilines is 1. The Kier molecular flexibility index (Phi) is 5.72. The van der Waals surface area contributed by atoms with Gasteiger partial charge in [0.2, 0.25) is 5.95 Å². The Bertz CT molecular complexity index is 932. The van der Waals surface area contributed by atoms with E-state index in [2.05, 4.69) is 5.10 Å². The number of hydrogen-bond donors (Lipinski definition) is 0. The van der Waals surface area contributed by atoms with Crippen molar-refractivity contribution in [3.63, 3.8) is 0 Å². The monoisotopic (exact) mass is 342 g/mol. The van der Waals surface area contributed by atoms with Gasteiger partial charge < -0.3 is 19.5 Å². The van der Waals surface area contributed by atoms with E-state index in [0.29, 0.717) is 24.6 Å². The van der Waals surface area contributed by atoms with Crippen molar-refractivity contribution in [1.29, 1.82) is 0 Å². The largest absolute Gasteiger partial charge is 1.00 e. The summed E-state index contributed by atoms with van der Waals surface area (Å²) in [5.41, 5.74) is 0.804. The molecule has 3 aromatic rings. The van der Waals surface area contributed by atoms with E-state index >= 15 is 0 Å². The first-order chi connectivity index (χ1) is 11.0. The van der Waals surface area contributed by atoms with Crippen LogP contribution in [-0.2, 0) is 16.1 Å². The first kappa shape index (κ1) is 18.5. The number of fused-ring (bicyclic) bond motifs is 3. The topological polar surface area (TPSA) is 91.9 Å². The summed E-state index contributed by atoms with van der Waals surface area (Å²) in [6.07, 6.45) is 0. The summed E-state index contributed by atoms with van der Waals surface area (Å²) in [5.74, 6) is -0.880. The van der Waals surface area contributed by atoms with Crippen LogP contribution in [0.2, 0.25) is 0 Å². The maximum Gasteiger partial charge on any atom is 1.00 e. The molecule has 0 bridgehead atoms. The number of nitrogens with zero attached hydrogens (tertiary/aromatic N) is 4.